The van der Waals surface area contributed by atoms with Crippen molar-refractivity contribution in [3.8, 4) is 0 Å². The van der Waals surface area contributed by atoms with Gasteiger partial charge in [0.2, 0.25) is 0 Å². The Labute approximate surface area is 160 Å². The van der Waals surface area contributed by atoms with Crippen LogP contribution in [0.5, 0.6) is 0 Å². The molecule has 5 heteroatoms. The molecule has 0 bridgehead atoms. The van der Waals surface area contributed by atoms with E-state index < -0.39 is 0 Å². The molecule has 0 saturated carbocycles. The van der Waals surface area contributed by atoms with Crippen LogP contribution in [0.2, 0.25) is 0 Å². The summed E-state index contributed by atoms with van der Waals surface area (Å²) in [6, 6.07) is 21.0. The summed E-state index contributed by atoms with van der Waals surface area (Å²) in [5, 5.41) is 6.25. The third kappa shape index (κ3) is 5.39. The highest BCUT2D eigenvalue weighted by Crippen LogP contribution is 2.24. The fraction of sp³-hybridized carbons (Fsp3) is 0.182. The van der Waals surface area contributed by atoms with E-state index in [1.807, 2.05) is 36.4 Å². The lowest BCUT2D eigenvalue weighted by Crippen LogP contribution is -2.15. The van der Waals surface area contributed by atoms with Crippen LogP contribution < -0.4 is 10.6 Å². The van der Waals surface area contributed by atoms with Gasteiger partial charge in [-0.25, -0.2) is 4.98 Å². The van der Waals surface area contributed by atoms with Gasteiger partial charge in [0, 0.05) is 24.0 Å². The van der Waals surface area contributed by atoms with Gasteiger partial charge in [0.1, 0.15) is 0 Å². The van der Waals surface area contributed by atoms with E-state index in [1.54, 1.807) is 24.4 Å². The minimum atomic E-state index is -0.161. The van der Waals surface area contributed by atoms with E-state index in [1.165, 1.54) is 5.56 Å². The van der Waals surface area contributed by atoms with E-state index in [4.69, 9.17) is 0 Å². The molecule has 0 unspecified atom stereocenters. The number of aromatic nitrogens is 1. The van der Waals surface area contributed by atoms with Gasteiger partial charge in [0.05, 0.1) is 5.69 Å². The molecule has 2 aromatic carbocycles. The van der Waals surface area contributed by atoms with Gasteiger partial charge in [-0.15, -0.1) is 0 Å². The smallest absolute Gasteiger partial charge is 0.255 e. The van der Waals surface area contributed by atoms with Crippen LogP contribution in [0, 0.1) is 0 Å². The van der Waals surface area contributed by atoms with Gasteiger partial charge in [0.25, 0.3) is 5.91 Å². The number of carbonyl (C=O) groups is 1. The van der Waals surface area contributed by atoms with Crippen molar-refractivity contribution in [1.29, 1.82) is 0 Å². The first kappa shape index (κ1) is 18.6. The summed E-state index contributed by atoms with van der Waals surface area (Å²) < 4.78 is 0. The highest BCUT2D eigenvalue weighted by molar-refractivity contribution is 6.05. The van der Waals surface area contributed by atoms with Crippen LogP contribution >= 0.6 is 0 Å². The average Bonchev–Trinajstić information content (AvgIpc) is 2.69. The van der Waals surface area contributed by atoms with Gasteiger partial charge >= 0.3 is 0 Å². The van der Waals surface area contributed by atoms with Gasteiger partial charge in [-0.2, -0.15) is 0 Å². The van der Waals surface area contributed by atoms with Gasteiger partial charge in [0.15, 0.2) is 5.82 Å². The lowest BCUT2D eigenvalue weighted by atomic mass is 10.1. The zero-order valence-electron chi connectivity index (χ0n) is 15.6. The number of benzene rings is 2. The van der Waals surface area contributed by atoms with Gasteiger partial charge in [-0.1, -0.05) is 30.3 Å². The second-order valence-electron chi connectivity index (χ2n) is 6.60. The highest BCUT2D eigenvalue weighted by atomic mass is 16.1. The van der Waals surface area contributed by atoms with Crippen molar-refractivity contribution in [2.45, 2.75) is 6.42 Å². The van der Waals surface area contributed by atoms with Crippen LogP contribution in [0.3, 0.4) is 0 Å². The molecule has 1 heterocycles. The number of carbonyl (C=O) groups excluding carboxylic acids is 1. The molecule has 1 amide bonds. The number of likely N-dealkylation sites (N-methyl/N-ethyl adjacent to an activating group) is 1. The SMILES string of the molecule is CN(C)CCc1cccc(Nc2ncccc2NC(=O)c2ccccc2)c1. The van der Waals surface area contributed by atoms with E-state index in [0.29, 0.717) is 17.1 Å². The maximum atomic E-state index is 12.5. The normalized spacial score (nSPS) is 10.6. The molecule has 0 aliphatic heterocycles. The summed E-state index contributed by atoms with van der Waals surface area (Å²) in [6.45, 7) is 0.991. The Morgan fingerprint density at radius 1 is 1.00 bits per heavy atom. The van der Waals surface area contributed by atoms with Gasteiger partial charge in [-0.3, -0.25) is 4.79 Å². The van der Waals surface area contributed by atoms with Crippen molar-refractivity contribution in [3.05, 3.63) is 84.1 Å². The van der Waals surface area contributed by atoms with Crippen molar-refractivity contribution in [2.24, 2.45) is 0 Å². The number of hydrogen-bond donors (Lipinski definition) is 2. The number of rotatable bonds is 7. The monoisotopic (exact) mass is 360 g/mol. The number of nitrogens with one attached hydrogen (secondary N) is 2. The summed E-state index contributed by atoms with van der Waals surface area (Å²) in [7, 11) is 4.13. The Morgan fingerprint density at radius 3 is 2.59 bits per heavy atom. The van der Waals surface area contributed by atoms with Crippen LogP contribution in [-0.2, 0) is 6.42 Å². The summed E-state index contributed by atoms with van der Waals surface area (Å²) in [6.07, 6.45) is 2.68. The van der Waals surface area contributed by atoms with Crippen molar-refractivity contribution in [3.63, 3.8) is 0 Å². The molecule has 2 N–H and O–H groups in total. The summed E-state index contributed by atoms with van der Waals surface area (Å²) >= 11 is 0. The first-order valence-corrected chi connectivity index (χ1v) is 8.94. The highest BCUT2D eigenvalue weighted by Gasteiger charge is 2.10. The first-order chi connectivity index (χ1) is 13.1. The largest absolute Gasteiger partial charge is 0.338 e. The molecule has 0 radical (unpaired) electrons. The summed E-state index contributed by atoms with van der Waals surface area (Å²) in [4.78, 5) is 19.0. The molecule has 5 nitrogen and oxygen atoms in total. The predicted octanol–water partition coefficient (Wildman–Crippen LogP) is 4.18. The Morgan fingerprint density at radius 2 is 1.81 bits per heavy atom. The molecule has 27 heavy (non-hydrogen) atoms. The fourth-order valence-corrected chi connectivity index (χ4v) is 2.68. The maximum Gasteiger partial charge on any atom is 0.255 e. The molecule has 0 aliphatic carbocycles. The Hall–Kier alpha value is -3.18. The molecule has 3 rings (SSSR count). The molecule has 0 spiro atoms. The van der Waals surface area contributed by atoms with E-state index in [-0.39, 0.29) is 5.91 Å². The van der Waals surface area contributed by atoms with E-state index >= 15 is 0 Å². The molecular formula is C22H24N4O. The Kier molecular flexibility index (Phi) is 6.18. The fourth-order valence-electron chi connectivity index (χ4n) is 2.68. The molecule has 138 valence electrons. The van der Waals surface area contributed by atoms with Crippen LogP contribution in [0.4, 0.5) is 17.2 Å². The van der Waals surface area contributed by atoms with Crippen molar-refractivity contribution in [2.75, 3.05) is 31.3 Å². The summed E-state index contributed by atoms with van der Waals surface area (Å²) in [5.41, 5.74) is 3.45. The van der Waals surface area contributed by atoms with Crippen molar-refractivity contribution < 1.29 is 4.79 Å². The molecule has 3 aromatic rings. The average molecular weight is 360 g/mol. The predicted molar refractivity (Wildman–Crippen MR) is 111 cm³/mol. The van der Waals surface area contributed by atoms with Gasteiger partial charge < -0.3 is 15.5 Å². The third-order valence-electron chi connectivity index (χ3n) is 4.13. The van der Waals surface area contributed by atoms with Crippen LogP contribution in [-0.4, -0.2) is 36.4 Å². The zero-order valence-corrected chi connectivity index (χ0v) is 15.6. The first-order valence-electron chi connectivity index (χ1n) is 8.94. The lowest BCUT2D eigenvalue weighted by Gasteiger charge is -2.13. The second kappa shape index (κ2) is 8.96. The number of nitrogens with zero attached hydrogens (tertiary/aromatic N) is 2. The Bertz CT molecular complexity index is 894. The second-order valence-corrected chi connectivity index (χ2v) is 6.60. The Balaban J connectivity index is 1.74. The van der Waals surface area contributed by atoms with E-state index in [2.05, 4.69) is 46.7 Å². The molecule has 0 fully saturated rings. The quantitative estimate of drug-likeness (QED) is 0.664. The summed E-state index contributed by atoms with van der Waals surface area (Å²) in [5.74, 6) is 0.456. The van der Waals surface area contributed by atoms with Crippen LogP contribution in [0.15, 0.2) is 72.9 Å². The van der Waals surface area contributed by atoms with Crippen LogP contribution in [0.1, 0.15) is 15.9 Å². The molecule has 1 aromatic heterocycles. The molecule has 0 aliphatic rings. The van der Waals surface area contributed by atoms with Crippen molar-refractivity contribution >= 4 is 23.1 Å². The topological polar surface area (TPSA) is 57.3 Å². The number of hydrogen-bond acceptors (Lipinski definition) is 4. The number of amides is 1. The minimum Gasteiger partial charge on any atom is -0.338 e. The maximum absolute atomic E-state index is 12.5. The number of anilines is 3. The van der Waals surface area contributed by atoms with Gasteiger partial charge in [-0.05, 0) is 62.5 Å². The molecule has 0 atom stereocenters. The molecule has 0 saturated heterocycles. The standard InChI is InChI=1S/C22H24N4O/c1-26(2)15-13-17-8-6-11-19(16-17)24-21-20(12-7-14-23-21)25-22(27)18-9-4-3-5-10-18/h3-12,14,16H,13,15H2,1-2H3,(H,23,24)(H,25,27). The minimum absolute atomic E-state index is 0.161. The van der Waals surface area contributed by atoms with E-state index in [0.717, 1.165) is 18.7 Å². The van der Waals surface area contributed by atoms with Crippen molar-refractivity contribution in [1.82, 2.24) is 9.88 Å². The van der Waals surface area contributed by atoms with E-state index in [9.17, 15) is 4.79 Å². The van der Waals surface area contributed by atoms with Crippen LogP contribution in [0.25, 0.3) is 0 Å². The third-order valence-corrected chi connectivity index (χ3v) is 4.13. The zero-order chi connectivity index (χ0) is 19.1. The molecular weight excluding hydrogens is 336 g/mol. The lowest BCUT2D eigenvalue weighted by molar-refractivity contribution is 0.102. The number of pyridine rings is 1.